The molecule has 2 N–H and O–H groups in total. The van der Waals surface area contributed by atoms with E-state index < -0.39 is 17.5 Å². The van der Waals surface area contributed by atoms with Crippen LogP contribution in [0.4, 0.5) is 14.5 Å². The number of hydrogen-bond donors (Lipinski definition) is 2. The van der Waals surface area contributed by atoms with E-state index in [1.54, 1.807) is 0 Å². The molecule has 3 rings (SSSR count). The molecule has 0 saturated carbocycles. The van der Waals surface area contributed by atoms with Gasteiger partial charge in [0.2, 0.25) is 5.91 Å². The number of amides is 1. The second-order valence-corrected chi connectivity index (χ2v) is 6.21. The molecule has 0 aliphatic carbocycles. The second kappa shape index (κ2) is 9.05. The van der Waals surface area contributed by atoms with Gasteiger partial charge in [-0.3, -0.25) is 4.79 Å². The molecule has 0 fully saturated rings. The average Bonchev–Trinajstić information content (AvgIpc) is 2.69. The van der Waals surface area contributed by atoms with Gasteiger partial charge in [0.15, 0.2) is 0 Å². The van der Waals surface area contributed by atoms with Crippen molar-refractivity contribution < 1.29 is 13.6 Å². The number of halogens is 2. The van der Waals surface area contributed by atoms with E-state index in [0.29, 0.717) is 6.42 Å². The highest BCUT2D eigenvalue weighted by Gasteiger charge is 2.14. The topological polar surface area (TPSA) is 41.1 Å². The Morgan fingerprint density at radius 2 is 1.56 bits per heavy atom. The summed E-state index contributed by atoms with van der Waals surface area (Å²) in [6, 6.07) is 22.6. The molecular weight excluding hydrogens is 346 g/mol. The molecule has 1 unspecified atom stereocenters. The number of rotatable bonds is 7. The van der Waals surface area contributed by atoms with Crippen molar-refractivity contribution in [1.29, 1.82) is 0 Å². The third-order valence-corrected chi connectivity index (χ3v) is 4.20. The lowest BCUT2D eigenvalue weighted by atomic mass is 9.99. The maximum Gasteiger partial charge on any atom is 0.238 e. The molecule has 0 aromatic heterocycles. The lowest BCUT2D eigenvalue weighted by Crippen LogP contribution is -2.32. The van der Waals surface area contributed by atoms with Crippen molar-refractivity contribution in [2.24, 2.45) is 0 Å². The molecule has 3 aromatic rings. The summed E-state index contributed by atoms with van der Waals surface area (Å²) in [5, 5.41) is 5.62. The first-order valence-electron chi connectivity index (χ1n) is 8.69. The molecule has 0 spiro atoms. The molecule has 1 atom stereocenters. The van der Waals surface area contributed by atoms with Crippen LogP contribution in [0.5, 0.6) is 0 Å². The van der Waals surface area contributed by atoms with E-state index in [1.165, 1.54) is 0 Å². The minimum absolute atomic E-state index is 0.0254. The Hall–Kier alpha value is -3.05. The fourth-order valence-electron chi connectivity index (χ4n) is 2.85. The maximum absolute atomic E-state index is 13.7. The van der Waals surface area contributed by atoms with Crippen LogP contribution in [0.2, 0.25) is 0 Å². The van der Waals surface area contributed by atoms with E-state index in [2.05, 4.69) is 10.6 Å². The normalized spacial score (nSPS) is 11.8. The van der Waals surface area contributed by atoms with Crippen LogP contribution >= 0.6 is 0 Å². The highest BCUT2D eigenvalue weighted by atomic mass is 19.1. The average molecular weight is 366 g/mol. The summed E-state index contributed by atoms with van der Waals surface area (Å²) < 4.78 is 26.9. The summed E-state index contributed by atoms with van der Waals surface area (Å²) in [5.41, 5.74) is 2.02. The number of benzene rings is 3. The minimum Gasteiger partial charge on any atom is -0.322 e. The van der Waals surface area contributed by atoms with E-state index in [4.69, 9.17) is 0 Å². The molecule has 3 aromatic carbocycles. The number of carbonyl (C=O) groups is 1. The summed E-state index contributed by atoms with van der Waals surface area (Å²) in [6.45, 7) is -0.0254. The predicted molar refractivity (Wildman–Crippen MR) is 102 cm³/mol. The van der Waals surface area contributed by atoms with Crippen LogP contribution in [0.15, 0.2) is 78.9 Å². The molecule has 0 bridgehead atoms. The molecule has 0 heterocycles. The summed E-state index contributed by atoms with van der Waals surface area (Å²) in [4.78, 5) is 12.2. The van der Waals surface area contributed by atoms with E-state index in [9.17, 15) is 13.6 Å². The van der Waals surface area contributed by atoms with Gasteiger partial charge in [0.25, 0.3) is 0 Å². The van der Waals surface area contributed by atoms with Gasteiger partial charge >= 0.3 is 0 Å². The lowest BCUT2D eigenvalue weighted by Gasteiger charge is -2.19. The van der Waals surface area contributed by atoms with Gasteiger partial charge in [-0.25, -0.2) is 8.78 Å². The minimum atomic E-state index is -0.673. The van der Waals surface area contributed by atoms with Gasteiger partial charge in [-0.1, -0.05) is 60.7 Å². The van der Waals surface area contributed by atoms with Gasteiger partial charge in [0, 0.05) is 12.1 Å². The van der Waals surface area contributed by atoms with Crippen LogP contribution in [0, 0.1) is 11.6 Å². The van der Waals surface area contributed by atoms with Crippen molar-refractivity contribution in [2.75, 3.05) is 11.9 Å². The van der Waals surface area contributed by atoms with Crippen LogP contribution in [0.25, 0.3) is 0 Å². The second-order valence-electron chi connectivity index (χ2n) is 6.21. The Labute approximate surface area is 157 Å². The molecule has 138 valence electrons. The summed E-state index contributed by atoms with van der Waals surface area (Å²) >= 11 is 0. The van der Waals surface area contributed by atoms with Gasteiger partial charge in [-0.15, -0.1) is 0 Å². The Morgan fingerprint density at radius 3 is 2.26 bits per heavy atom. The van der Waals surface area contributed by atoms with E-state index >= 15 is 0 Å². The number of carbonyl (C=O) groups excluding carboxylic acids is 1. The first-order chi connectivity index (χ1) is 13.1. The summed E-state index contributed by atoms with van der Waals surface area (Å²) in [6.07, 6.45) is 0.701. The molecule has 3 nitrogen and oxygen atoms in total. The molecule has 0 aliphatic rings. The van der Waals surface area contributed by atoms with Gasteiger partial charge in [-0.05, 0) is 29.7 Å². The van der Waals surface area contributed by atoms with Gasteiger partial charge in [-0.2, -0.15) is 0 Å². The van der Waals surface area contributed by atoms with Crippen LogP contribution < -0.4 is 10.6 Å². The highest BCUT2D eigenvalue weighted by Crippen LogP contribution is 2.19. The predicted octanol–water partition coefficient (Wildman–Crippen LogP) is 4.48. The Bertz CT molecular complexity index is 885. The molecule has 0 radical (unpaired) electrons. The highest BCUT2D eigenvalue weighted by molar-refractivity contribution is 5.92. The third kappa shape index (κ3) is 5.46. The SMILES string of the molecule is O=C(CNC(Cc1ccccc1)c1ccccc1)Nc1cc(F)ccc1F. The van der Waals surface area contributed by atoms with Crippen molar-refractivity contribution in [3.8, 4) is 0 Å². The summed E-state index contributed by atoms with van der Waals surface area (Å²) in [7, 11) is 0. The Kier molecular flexibility index (Phi) is 6.28. The van der Waals surface area contributed by atoms with Crippen molar-refractivity contribution in [2.45, 2.75) is 12.5 Å². The van der Waals surface area contributed by atoms with Crippen molar-refractivity contribution in [3.05, 3.63) is 102 Å². The molecular formula is C22H20F2N2O. The fourth-order valence-corrected chi connectivity index (χ4v) is 2.85. The van der Waals surface area contributed by atoms with Crippen LogP contribution in [-0.4, -0.2) is 12.5 Å². The summed E-state index contributed by atoms with van der Waals surface area (Å²) in [5.74, 6) is -1.71. The zero-order valence-corrected chi connectivity index (χ0v) is 14.7. The van der Waals surface area contributed by atoms with Crippen LogP contribution in [-0.2, 0) is 11.2 Å². The van der Waals surface area contributed by atoms with Gasteiger partial charge in [0.05, 0.1) is 12.2 Å². The van der Waals surface area contributed by atoms with Crippen molar-refractivity contribution in [1.82, 2.24) is 5.32 Å². The van der Waals surface area contributed by atoms with Crippen LogP contribution in [0.1, 0.15) is 17.2 Å². The number of hydrogen-bond acceptors (Lipinski definition) is 2. The number of anilines is 1. The lowest BCUT2D eigenvalue weighted by molar-refractivity contribution is -0.115. The molecule has 1 amide bonds. The quantitative estimate of drug-likeness (QED) is 0.647. The number of nitrogens with one attached hydrogen (secondary N) is 2. The van der Waals surface area contributed by atoms with Crippen molar-refractivity contribution in [3.63, 3.8) is 0 Å². The molecule has 0 aliphatic heterocycles. The largest absolute Gasteiger partial charge is 0.322 e. The fraction of sp³-hybridized carbons (Fsp3) is 0.136. The monoisotopic (exact) mass is 366 g/mol. The zero-order valence-electron chi connectivity index (χ0n) is 14.7. The van der Waals surface area contributed by atoms with Crippen molar-refractivity contribution >= 4 is 11.6 Å². The smallest absolute Gasteiger partial charge is 0.238 e. The van der Waals surface area contributed by atoms with E-state index in [1.807, 2.05) is 60.7 Å². The van der Waals surface area contributed by atoms with Gasteiger partial charge in [0.1, 0.15) is 11.6 Å². The van der Waals surface area contributed by atoms with Gasteiger partial charge < -0.3 is 10.6 Å². The van der Waals surface area contributed by atoms with Crippen LogP contribution in [0.3, 0.4) is 0 Å². The Morgan fingerprint density at radius 1 is 0.889 bits per heavy atom. The van der Waals surface area contributed by atoms with E-state index in [-0.39, 0.29) is 18.3 Å². The maximum atomic E-state index is 13.7. The Balaban J connectivity index is 1.67. The zero-order chi connectivity index (χ0) is 19.1. The van der Waals surface area contributed by atoms with E-state index in [0.717, 1.165) is 29.3 Å². The third-order valence-electron chi connectivity index (χ3n) is 4.20. The molecule has 5 heteroatoms. The first-order valence-corrected chi connectivity index (χ1v) is 8.69. The first kappa shape index (κ1) is 18.7. The molecule has 0 saturated heterocycles. The standard InChI is InChI=1S/C22H20F2N2O/c23-18-11-12-19(24)21(14-18)26-22(27)15-25-20(17-9-5-2-6-10-17)13-16-7-3-1-4-8-16/h1-12,14,20,25H,13,15H2,(H,26,27). The molecule has 27 heavy (non-hydrogen) atoms.